The second kappa shape index (κ2) is 9.44. The highest BCUT2D eigenvalue weighted by molar-refractivity contribution is 5.07. The molecule has 23 heavy (non-hydrogen) atoms. The van der Waals surface area contributed by atoms with Gasteiger partial charge in [-0.05, 0) is 78.6 Å². The van der Waals surface area contributed by atoms with E-state index in [1.807, 2.05) is 6.92 Å². The molecule has 0 saturated carbocycles. The normalized spacial score (nSPS) is 36.3. The minimum Gasteiger partial charge on any atom is -0.387 e. The van der Waals surface area contributed by atoms with E-state index >= 15 is 0 Å². The summed E-state index contributed by atoms with van der Waals surface area (Å²) < 4.78 is 5.67. The van der Waals surface area contributed by atoms with Gasteiger partial charge in [0.1, 0.15) is 0 Å². The zero-order valence-electron chi connectivity index (χ0n) is 15.8. The molecule has 0 amide bonds. The summed E-state index contributed by atoms with van der Waals surface area (Å²) in [6.07, 6.45) is 11.4. The minimum atomic E-state index is -0.797. The number of ether oxygens (including phenoxy) is 1. The molecule has 1 aliphatic rings. The van der Waals surface area contributed by atoms with Crippen LogP contribution in [0.2, 0.25) is 0 Å². The van der Waals surface area contributed by atoms with Crippen molar-refractivity contribution in [3.05, 3.63) is 35.5 Å². The fraction of sp³-hybridized carbons (Fsp3) is 0.714. The second-order valence-electron chi connectivity index (χ2n) is 7.58. The maximum absolute atomic E-state index is 10.9. The first kappa shape index (κ1) is 20.2. The Morgan fingerprint density at radius 3 is 2.43 bits per heavy atom. The van der Waals surface area contributed by atoms with Gasteiger partial charge >= 0.3 is 0 Å². The summed E-state index contributed by atoms with van der Waals surface area (Å²) in [6.45, 7) is 12.6. The van der Waals surface area contributed by atoms with Crippen molar-refractivity contribution in [2.45, 2.75) is 84.3 Å². The van der Waals surface area contributed by atoms with Crippen LogP contribution in [0.15, 0.2) is 35.5 Å². The van der Waals surface area contributed by atoms with Gasteiger partial charge in [0.2, 0.25) is 0 Å². The van der Waals surface area contributed by atoms with Crippen LogP contribution in [-0.2, 0) is 4.74 Å². The van der Waals surface area contributed by atoms with E-state index in [9.17, 15) is 5.11 Å². The molecule has 0 aromatic heterocycles. The Balaban J connectivity index is 2.96. The summed E-state index contributed by atoms with van der Waals surface area (Å²) >= 11 is 0. The topological polar surface area (TPSA) is 29.5 Å². The SMILES string of the molecule is C=C(C)[C@@H]1CC/C(C)=C/CC/C(C)=C/CC[C@](C)(O)[C@H](OC)C1. The average Bonchev–Trinajstić information content (AvgIpc) is 2.45. The molecule has 0 heterocycles. The van der Waals surface area contributed by atoms with E-state index in [0.29, 0.717) is 5.92 Å². The Labute approximate surface area is 143 Å². The Kier molecular flexibility index (Phi) is 8.28. The monoisotopic (exact) mass is 320 g/mol. The number of allylic oxidation sites excluding steroid dienone is 5. The van der Waals surface area contributed by atoms with Crippen LogP contribution >= 0.6 is 0 Å². The average molecular weight is 321 g/mol. The molecule has 132 valence electrons. The molecule has 2 nitrogen and oxygen atoms in total. The van der Waals surface area contributed by atoms with Crippen molar-refractivity contribution in [2.24, 2.45) is 5.92 Å². The quantitative estimate of drug-likeness (QED) is 0.673. The first-order valence-electron chi connectivity index (χ1n) is 8.98. The second-order valence-corrected chi connectivity index (χ2v) is 7.58. The summed E-state index contributed by atoms with van der Waals surface area (Å²) in [7, 11) is 1.71. The Bertz CT molecular complexity index is 443. The number of hydrogen-bond donors (Lipinski definition) is 1. The van der Waals surface area contributed by atoms with Crippen LogP contribution in [0.1, 0.15) is 72.6 Å². The number of hydrogen-bond acceptors (Lipinski definition) is 2. The molecule has 0 unspecified atom stereocenters. The predicted molar refractivity (Wildman–Crippen MR) is 99.6 cm³/mol. The summed E-state index contributed by atoms with van der Waals surface area (Å²) in [5, 5.41) is 10.9. The lowest BCUT2D eigenvalue weighted by molar-refractivity contribution is -0.0935. The molecule has 0 aromatic rings. The van der Waals surface area contributed by atoms with E-state index in [1.54, 1.807) is 7.11 Å². The summed E-state index contributed by atoms with van der Waals surface area (Å²) in [5.41, 5.74) is 3.27. The number of aliphatic hydroxyl groups is 1. The smallest absolute Gasteiger partial charge is 0.0883 e. The molecule has 0 saturated heterocycles. The molecule has 0 radical (unpaired) electrons. The third kappa shape index (κ3) is 7.05. The molecular weight excluding hydrogens is 284 g/mol. The highest BCUT2D eigenvalue weighted by atomic mass is 16.5. The van der Waals surface area contributed by atoms with Crippen LogP contribution in [0.25, 0.3) is 0 Å². The van der Waals surface area contributed by atoms with Crippen LogP contribution in [0, 0.1) is 5.92 Å². The van der Waals surface area contributed by atoms with Gasteiger partial charge in [-0.2, -0.15) is 0 Å². The van der Waals surface area contributed by atoms with Crippen LogP contribution in [0.4, 0.5) is 0 Å². The largest absolute Gasteiger partial charge is 0.387 e. The molecule has 0 aromatic carbocycles. The van der Waals surface area contributed by atoms with Gasteiger partial charge in [0.05, 0.1) is 11.7 Å². The number of methoxy groups -OCH3 is 1. The van der Waals surface area contributed by atoms with Gasteiger partial charge in [-0.1, -0.05) is 35.5 Å². The maximum atomic E-state index is 10.9. The Morgan fingerprint density at radius 1 is 1.22 bits per heavy atom. The minimum absolute atomic E-state index is 0.148. The molecule has 1 N–H and O–H groups in total. The van der Waals surface area contributed by atoms with Crippen LogP contribution in [0.3, 0.4) is 0 Å². The number of rotatable bonds is 2. The lowest BCUT2D eigenvalue weighted by Crippen LogP contribution is -2.42. The Morgan fingerprint density at radius 2 is 1.83 bits per heavy atom. The van der Waals surface area contributed by atoms with Crippen molar-refractivity contribution in [1.29, 1.82) is 0 Å². The zero-order valence-corrected chi connectivity index (χ0v) is 15.8. The molecule has 1 aliphatic carbocycles. The van der Waals surface area contributed by atoms with E-state index in [1.165, 1.54) is 16.7 Å². The van der Waals surface area contributed by atoms with E-state index in [0.717, 1.165) is 44.9 Å². The van der Waals surface area contributed by atoms with Crippen molar-refractivity contribution >= 4 is 0 Å². The lowest BCUT2D eigenvalue weighted by Gasteiger charge is -2.34. The van der Waals surface area contributed by atoms with Crippen molar-refractivity contribution in [2.75, 3.05) is 7.11 Å². The lowest BCUT2D eigenvalue weighted by atomic mass is 9.82. The molecule has 1 rings (SSSR count). The van der Waals surface area contributed by atoms with Crippen LogP contribution in [-0.4, -0.2) is 23.9 Å². The van der Waals surface area contributed by atoms with Crippen molar-refractivity contribution in [3.63, 3.8) is 0 Å². The van der Waals surface area contributed by atoms with Gasteiger partial charge in [0.25, 0.3) is 0 Å². The van der Waals surface area contributed by atoms with Crippen molar-refractivity contribution in [3.8, 4) is 0 Å². The van der Waals surface area contributed by atoms with Gasteiger partial charge in [0.15, 0.2) is 0 Å². The van der Waals surface area contributed by atoms with Gasteiger partial charge in [-0.25, -0.2) is 0 Å². The third-order valence-electron chi connectivity index (χ3n) is 5.24. The first-order valence-corrected chi connectivity index (χ1v) is 8.98. The fourth-order valence-electron chi connectivity index (χ4n) is 3.35. The predicted octanol–water partition coefficient (Wildman–Crippen LogP) is 5.58. The van der Waals surface area contributed by atoms with E-state index in [-0.39, 0.29) is 6.10 Å². The summed E-state index contributed by atoms with van der Waals surface area (Å²) in [5.74, 6) is 0.398. The van der Waals surface area contributed by atoms with Crippen LogP contribution in [0.5, 0.6) is 0 Å². The Hall–Kier alpha value is -0.860. The highest BCUT2D eigenvalue weighted by Gasteiger charge is 2.33. The van der Waals surface area contributed by atoms with Gasteiger partial charge in [-0.15, -0.1) is 0 Å². The molecule has 2 heteroatoms. The zero-order chi connectivity index (χ0) is 17.5. The van der Waals surface area contributed by atoms with Gasteiger partial charge < -0.3 is 9.84 Å². The standard InChI is InChI=1S/C21H36O2/c1-16(2)19-13-12-18(4)10-7-9-17(3)11-8-14-21(5,22)20(15-19)23-6/h10-11,19-20,22H,1,7-9,12-15H2,2-6H3/b17-11+,18-10+/t19-,20-,21+/m1/s1. The van der Waals surface area contributed by atoms with E-state index < -0.39 is 5.60 Å². The van der Waals surface area contributed by atoms with Crippen LogP contribution < -0.4 is 0 Å². The fourth-order valence-corrected chi connectivity index (χ4v) is 3.35. The molecule has 0 bridgehead atoms. The first-order chi connectivity index (χ1) is 10.8. The van der Waals surface area contributed by atoms with Gasteiger partial charge in [0, 0.05) is 7.11 Å². The summed E-state index contributed by atoms with van der Waals surface area (Å²) in [4.78, 5) is 0. The molecule has 3 atom stereocenters. The third-order valence-corrected chi connectivity index (χ3v) is 5.24. The van der Waals surface area contributed by atoms with E-state index in [4.69, 9.17) is 4.74 Å². The summed E-state index contributed by atoms with van der Waals surface area (Å²) in [6, 6.07) is 0. The highest BCUT2D eigenvalue weighted by Crippen LogP contribution is 2.31. The maximum Gasteiger partial charge on any atom is 0.0883 e. The molecular formula is C21H36O2. The van der Waals surface area contributed by atoms with Crippen molar-refractivity contribution < 1.29 is 9.84 Å². The molecule has 0 aliphatic heterocycles. The molecule has 0 fully saturated rings. The molecule has 0 spiro atoms. The van der Waals surface area contributed by atoms with E-state index in [2.05, 4.69) is 39.5 Å². The van der Waals surface area contributed by atoms with Crippen molar-refractivity contribution in [1.82, 2.24) is 0 Å². The van der Waals surface area contributed by atoms with Gasteiger partial charge in [-0.3, -0.25) is 0 Å².